The van der Waals surface area contributed by atoms with E-state index in [9.17, 15) is 22.8 Å². The Morgan fingerprint density at radius 1 is 1.10 bits per heavy atom. The van der Waals surface area contributed by atoms with E-state index in [1.54, 1.807) is 4.90 Å². The Bertz CT molecular complexity index is 1380. The van der Waals surface area contributed by atoms with Crippen molar-refractivity contribution in [1.29, 1.82) is 0 Å². The maximum Gasteiger partial charge on any atom is 0.573 e. The largest absolute Gasteiger partial charge is 0.573 e. The third-order valence-corrected chi connectivity index (χ3v) is 7.62. The summed E-state index contributed by atoms with van der Waals surface area (Å²) in [6.45, 7) is 8.16. The van der Waals surface area contributed by atoms with Crippen LogP contribution in [0.25, 0.3) is 10.9 Å². The molecule has 0 unspecified atom stereocenters. The van der Waals surface area contributed by atoms with Crippen LogP contribution in [0.4, 0.5) is 13.2 Å². The molecule has 0 atom stereocenters. The van der Waals surface area contributed by atoms with Gasteiger partial charge in [-0.1, -0.05) is 6.07 Å². The molecular formula is C29H34F3N5O4. The molecule has 2 fully saturated rings. The van der Waals surface area contributed by atoms with E-state index < -0.39 is 12.1 Å². The molecule has 220 valence electrons. The number of carbonyl (C=O) groups excluding carboxylic acids is 2. The zero-order chi connectivity index (χ0) is 29.0. The second-order valence-corrected chi connectivity index (χ2v) is 10.6. The number of hydrogen-bond donors (Lipinski definition) is 1. The Morgan fingerprint density at radius 3 is 2.59 bits per heavy atom. The minimum absolute atomic E-state index is 0.0991. The third-order valence-electron chi connectivity index (χ3n) is 7.62. The minimum Gasteiger partial charge on any atom is -0.406 e. The number of aromatic nitrogens is 2. The van der Waals surface area contributed by atoms with Crippen LogP contribution >= 0.6 is 0 Å². The highest BCUT2D eigenvalue weighted by Crippen LogP contribution is 2.26. The molecule has 0 bridgehead atoms. The van der Waals surface area contributed by atoms with E-state index in [4.69, 9.17) is 9.84 Å². The number of carbonyl (C=O) groups is 2. The number of alkyl halides is 3. The van der Waals surface area contributed by atoms with Crippen molar-refractivity contribution in [1.82, 2.24) is 24.9 Å². The lowest BCUT2D eigenvalue weighted by Gasteiger charge is -2.32. The van der Waals surface area contributed by atoms with Gasteiger partial charge in [-0.25, -0.2) is 0 Å². The van der Waals surface area contributed by atoms with Crippen LogP contribution in [-0.4, -0.2) is 90.2 Å². The first-order chi connectivity index (χ1) is 19.6. The summed E-state index contributed by atoms with van der Waals surface area (Å²) in [5.74, 6) is -0.532. The predicted molar refractivity (Wildman–Crippen MR) is 146 cm³/mol. The van der Waals surface area contributed by atoms with Gasteiger partial charge in [0.15, 0.2) is 0 Å². The monoisotopic (exact) mass is 573 g/mol. The van der Waals surface area contributed by atoms with E-state index in [2.05, 4.69) is 15.0 Å². The van der Waals surface area contributed by atoms with Gasteiger partial charge in [-0.15, -0.1) is 13.2 Å². The Labute approximate surface area is 236 Å². The Hall–Kier alpha value is -3.64. The fraction of sp³-hybridized carbons (Fsp3) is 0.483. The molecule has 12 heteroatoms. The summed E-state index contributed by atoms with van der Waals surface area (Å²) in [5.41, 5.74) is 2.49. The third kappa shape index (κ3) is 7.56. The number of nitrogens with one attached hydrogen (secondary N) is 1. The molecule has 0 aliphatic carbocycles. The number of piperidine rings is 1. The summed E-state index contributed by atoms with van der Waals surface area (Å²) >= 11 is 0. The minimum atomic E-state index is -4.81. The van der Waals surface area contributed by atoms with Crippen LogP contribution in [0, 0.1) is 12.8 Å². The fourth-order valence-electron chi connectivity index (χ4n) is 5.40. The fourth-order valence-corrected chi connectivity index (χ4v) is 5.40. The lowest BCUT2D eigenvalue weighted by atomic mass is 9.96. The van der Waals surface area contributed by atoms with Gasteiger partial charge in [-0.2, -0.15) is 5.10 Å². The van der Waals surface area contributed by atoms with Crippen molar-refractivity contribution in [2.45, 2.75) is 32.7 Å². The summed E-state index contributed by atoms with van der Waals surface area (Å²) in [5, 5.41) is 8.63. The second-order valence-electron chi connectivity index (χ2n) is 10.6. The zero-order valence-corrected chi connectivity index (χ0v) is 23.0. The van der Waals surface area contributed by atoms with E-state index in [1.165, 1.54) is 18.2 Å². The van der Waals surface area contributed by atoms with Crippen molar-refractivity contribution >= 4 is 22.7 Å². The molecule has 2 amide bonds. The molecule has 2 aliphatic heterocycles. The van der Waals surface area contributed by atoms with E-state index in [-0.39, 0.29) is 23.3 Å². The van der Waals surface area contributed by atoms with Gasteiger partial charge in [0.2, 0.25) is 0 Å². The molecule has 3 heterocycles. The zero-order valence-electron chi connectivity index (χ0n) is 23.0. The summed E-state index contributed by atoms with van der Waals surface area (Å²) in [6, 6.07) is 8.99. The quantitative estimate of drug-likeness (QED) is 0.441. The van der Waals surface area contributed by atoms with Crippen molar-refractivity contribution < 1.29 is 32.2 Å². The second kappa shape index (κ2) is 12.5. The molecule has 9 nitrogen and oxygen atoms in total. The highest BCUT2D eigenvalue weighted by Gasteiger charge is 2.31. The predicted octanol–water partition coefficient (Wildman–Crippen LogP) is 3.86. The number of fused-ring (bicyclic) bond motifs is 1. The summed E-state index contributed by atoms with van der Waals surface area (Å²) < 4.78 is 48.9. The number of likely N-dealkylation sites (tertiary alicyclic amines) is 1. The topological polar surface area (TPSA) is 88.9 Å². The highest BCUT2D eigenvalue weighted by molar-refractivity contribution is 5.99. The number of rotatable bonds is 8. The number of amides is 2. The van der Waals surface area contributed by atoms with Crippen molar-refractivity contribution in [3.05, 3.63) is 59.3 Å². The summed E-state index contributed by atoms with van der Waals surface area (Å²) in [4.78, 5) is 29.7. The van der Waals surface area contributed by atoms with Crippen molar-refractivity contribution in [2.24, 2.45) is 5.92 Å². The molecule has 1 aromatic heterocycles. The van der Waals surface area contributed by atoms with Crippen LogP contribution in [0.5, 0.6) is 5.75 Å². The molecule has 2 saturated heterocycles. The van der Waals surface area contributed by atoms with E-state index in [0.717, 1.165) is 68.2 Å². The molecule has 1 N–H and O–H groups in total. The Morgan fingerprint density at radius 2 is 1.85 bits per heavy atom. The van der Waals surface area contributed by atoms with Gasteiger partial charge >= 0.3 is 6.36 Å². The summed E-state index contributed by atoms with van der Waals surface area (Å²) in [7, 11) is 0. The molecular weight excluding hydrogens is 539 g/mol. The summed E-state index contributed by atoms with van der Waals surface area (Å²) in [6.07, 6.45) is -1.37. The highest BCUT2D eigenvalue weighted by atomic mass is 19.4. The molecule has 5 rings (SSSR count). The molecule has 0 saturated carbocycles. The number of morpholine rings is 1. The maximum atomic E-state index is 12.9. The van der Waals surface area contributed by atoms with E-state index in [0.29, 0.717) is 31.7 Å². The molecule has 3 aromatic rings. The SMILES string of the molecule is Cc1cc2nn(CC3CCN(C(=O)c4cccc(OC(F)(F)F)c4)CC3)cc2cc1C(=O)NCCN1CCOCC1. The van der Waals surface area contributed by atoms with Gasteiger partial charge in [0.25, 0.3) is 11.8 Å². The molecule has 0 spiro atoms. The van der Waals surface area contributed by atoms with Gasteiger partial charge < -0.3 is 19.7 Å². The average molecular weight is 574 g/mol. The van der Waals surface area contributed by atoms with Gasteiger partial charge in [0.05, 0.1) is 18.7 Å². The van der Waals surface area contributed by atoms with Crippen LogP contribution in [-0.2, 0) is 11.3 Å². The van der Waals surface area contributed by atoms with Crippen molar-refractivity contribution in [3.63, 3.8) is 0 Å². The van der Waals surface area contributed by atoms with Crippen LogP contribution in [0.1, 0.15) is 39.1 Å². The number of halogens is 3. The van der Waals surface area contributed by atoms with Crippen molar-refractivity contribution in [3.8, 4) is 5.75 Å². The molecule has 41 heavy (non-hydrogen) atoms. The number of aryl methyl sites for hydroxylation is 1. The lowest BCUT2D eigenvalue weighted by Crippen LogP contribution is -2.41. The first-order valence-corrected chi connectivity index (χ1v) is 13.9. The van der Waals surface area contributed by atoms with Crippen LogP contribution < -0.4 is 10.1 Å². The smallest absolute Gasteiger partial charge is 0.406 e. The lowest BCUT2D eigenvalue weighted by molar-refractivity contribution is -0.274. The first-order valence-electron chi connectivity index (χ1n) is 13.9. The van der Waals surface area contributed by atoms with Crippen LogP contribution in [0.3, 0.4) is 0 Å². The van der Waals surface area contributed by atoms with Gasteiger partial charge in [0, 0.05) is 68.5 Å². The normalized spacial score (nSPS) is 17.1. The van der Waals surface area contributed by atoms with Gasteiger partial charge in [-0.05, 0) is 61.6 Å². The van der Waals surface area contributed by atoms with Crippen LogP contribution in [0.15, 0.2) is 42.6 Å². The number of ether oxygens (including phenoxy) is 2. The van der Waals surface area contributed by atoms with Crippen molar-refractivity contribution in [2.75, 3.05) is 52.5 Å². The van der Waals surface area contributed by atoms with Gasteiger partial charge in [-0.3, -0.25) is 19.2 Å². The first kappa shape index (κ1) is 28.9. The van der Waals surface area contributed by atoms with E-state index in [1.807, 2.05) is 29.9 Å². The average Bonchev–Trinajstić information content (AvgIpc) is 3.33. The van der Waals surface area contributed by atoms with Crippen LogP contribution in [0.2, 0.25) is 0 Å². The number of benzene rings is 2. The Balaban J connectivity index is 1.14. The van der Waals surface area contributed by atoms with E-state index >= 15 is 0 Å². The molecule has 2 aliphatic rings. The molecule has 2 aromatic carbocycles. The number of nitrogens with zero attached hydrogens (tertiary/aromatic N) is 4. The molecule has 0 radical (unpaired) electrons. The number of hydrogen-bond acceptors (Lipinski definition) is 6. The maximum absolute atomic E-state index is 12.9. The standard InChI is InChI=1S/C29H34F3N5O4/c1-20-15-26-23(17-25(20)27(38)33-7-10-35-11-13-40-14-12-35)19-37(34-26)18-21-5-8-36(9-6-21)28(39)22-3-2-4-24(16-22)41-29(30,31)32/h2-4,15-17,19,21H,5-14,18H2,1H3,(H,33,38). The van der Waals surface area contributed by atoms with Gasteiger partial charge in [0.1, 0.15) is 5.75 Å². The Kier molecular flexibility index (Phi) is 8.79.